The first-order chi connectivity index (χ1) is 12.0. The van der Waals surface area contributed by atoms with Crippen LogP contribution in [0.5, 0.6) is 11.6 Å². The number of aromatic nitrogens is 2. The van der Waals surface area contributed by atoms with Gasteiger partial charge in [-0.25, -0.2) is 0 Å². The molecule has 0 unspecified atom stereocenters. The Labute approximate surface area is 153 Å². The summed E-state index contributed by atoms with van der Waals surface area (Å²) in [5.74, 6) is 0.443. The molecule has 0 atom stereocenters. The van der Waals surface area contributed by atoms with Gasteiger partial charge in [0.1, 0.15) is 11.6 Å². The first-order valence-corrected chi connectivity index (χ1v) is 7.90. The van der Waals surface area contributed by atoms with Crippen LogP contribution in [0.3, 0.4) is 0 Å². The first kappa shape index (κ1) is 17.0. The maximum Gasteiger partial charge on any atom is 0.256 e. The average molecular weight is 375 g/mol. The van der Waals surface area contributed by atoms with Crippen LogP contribution in [-0.2, 0) is 0 Å². The number of anilines is 2. The van der Waals surface area contributed by atoms with E-state index in [1.807, 2.05) is 0 Å². The molecule has 25 heavy (non-hydrogen) atoms. The van der Waals surface area contributed by atoms with Crippen molar-refractivity contribution in [3.8, 4) is 11.6 Å². The molecule has 2 aromatic carbocycles. The highest BCUT2D eigenvalue weighted by Crippen LogP contribution is 2.25. The number of carbonyl (C=O) groups excluding carboxylic acids is 1. The molecule has 0 aliphatic rings. The van der Waals surface area contributed by atoms with E-state index in [0.717, 1.165) is 0 Å². The number of hydrogen-bond donors (Lipinski definition) is 2. The molecule has 6 nitrogen and oxygen atoms in total. The number of benzene rings is 2. The number of rotatable bonds is 4. The van der Waals surface area contributed by atoms with Crippen molar-refractivity contribution >= 4 is 40.9 Å². The lowest BCUT2D eigenvalue weighted by Crippen LogP contribution is -2.14. The zero-order chi connectivity index (χ0) is 17.8. The summed E-state index contributed by atoms with van der Waals surface area (Å²) in [4.78, 5) is 20.2. The minimum atomic E-state index is -0.380. The largest absolute Gasteiger partial charge is 0.439 e. The number of halogens is 2. The predicted molar refractivity (Wildman–Crippen MR) is 97.4 cm³/mol. The van der Waals surface area contributed by atoms with E-state index in [0.29, 0.717) is 21.4 Å². The molecule has 0 saturated heterocycles. The van der Waals surface area contributed by atoms with Gasteiger partial charge in [-0.2, -0.15) is 9.97 Å². The second-order valence-electron chi connectivity index (χ2n) is 4.97. The number of amides is 1. The molecular formula is C17H12Cl2N4O2. The van der Waals surface area contributed by atoms with Crippen molar-refractivity contribution in [1.29, 1.82) is 0 Å². The molecule has 0 fully saturated rings. The topological polar surface area (TPSA) is 90.1 Å². The fraction of sp³-hybridized carbons (Fsp3) is 0. The van der Waals surface area contributed by atoms with Crippen molar-refractivity contribution in [2.45, 2.75) is 0 Å². The number of hydrogen-bond acceptors (Lipinski definition) is 5. The minimum Gasteiger partial charge on any atom is -0.439 e. The third kappa shape index (κ3) is 4.59. The van der Waals surface area contributed by atoms with E-state index in [4.69, 9.17) is 33.7 Å². The summed E-state index contributed by atoms with van der Waals surface area (Å²) in [6, 6.07) is 14.8. The van der Waals surface area contributed by atoms with Crippen LogP contribution in [0, 0.1) is 0 Å². The van der Waals surface area contributed by atoms with E-state index < -0.39 is 0 Å². The molecule has 0 bridgehead atoms. The average Bonchev–Trinajstić information content (AvgIpc) is 2.54. The maximum atomic E-state index is 12.3. The number of nitrogens with zero attached hydrogens (tertiary/aromatic N) is 2. The fourth-order valence-corrected chi connectivity index (χ4v) is 2.40. The van der Waals surface area contributed by atoms with Crippen molar-refractivity contribution < 1.29 is 9.53 Å². The molecular weight excluding hydrogens is 363 g/mol. The number of nitrogens with two attached hydrogens (primary N) is 1. The molecule has 126 valence electrons. The van der Waals surface area contributed by atoms with Crippen molar-refractivity contribution in [1.82, 2.24) is 9.97 Å². The molecule has 0 aliphatic heterocycles. The van der Waals surface area contributed by atoms with Crippen molar-refractivity contribution in [2.75, 3.05) is 11.1 Å². The lowest BCUT2D eigenvalue weighted by molar-refractivity contribution is 0.102. The van der Waals surface area contributed by atoms with Crippen molar-refractivity contribution in [3.63, 3.8) is 0 Å². The molecule has 3 aromatic rings. The fourth-order valence-electron chi connectivity index (χ4n) is 2.03. The van der Waals surface area contributed by atoms with E-state index in [2.05, 4.69) is 15.3 Å². The van der Waals surface area contributed by atoms with E-state index >= 15 is 0 Å². The molecule has 8 heteroatoms. The van der Waals surface area contributed by atoms with Gasteiger partial charge in [-0.1, -0.05) is 35.3 Å². The quantitative estimate of drug-likeness (QED) is 0.705. The lowest BCUT2D eigenvalue weighted by atomic mass is 10.2. The Balaban J connectivity index is 1.80. The smallest absolute Gasteiger partial charge is 0.256 e. The molecule has 0 radical (unpaired) electrons. The summed E-state index contributed by atoms with van der Waals surface area (Å²) in [6.45, 7) is 0. The van der Waals surface area contributed by atoms with Gasteiger partial charge in [0.25, 0.3) is 5.91 Å². The standard InChI is InChI=1S/C17H12Cl2N4O2/c18-11-4-1-3-10(7-11)16(24)21-14-9-15(23-17(20)22-14)25-13-6-2-5-12(19)8-13/h1-9H,(H3,20,21,22,23,24). The normalized spacial score (nSPS) is 10.3. The summed E-state index contributed by atoms with van der Waals surface area (Å²) >= 11 is 11.8. The van der Waals surface area contributed by atoms with Crippen LogP contribution in [0.25, 0.3) is 0 Å². The van der Waals surface area contributed by atoms with Gasteiger partial charge < -0.3 is 15.8 Å². The van der Waals surface area contributed by atoms with Crippen LogP contribution in [0.15, 0.2) is 54.6 Å². The van der Waals surface area contributed by atoms with Crippen LogP contribution in [0.4, 0.5) is 11.8 Å². The molecule has 1 heterocycles. The van der Waals surface area contributed by atoms with Crippen molar-refractivity contribution in [2.24, 2.45) is 0 Å². The molecule has 3 N–H and O–H groups in total. The number of nitrogen functional groups attached to an aromatic ring is 1. The van der Waals surface area contributed by atoms with Gasteiger partial charge in [0.15, 0.2) is 0 Å². The second kappa shape index (κ2) is 7.38. The van der Waals surface area contributed by atoms with E-state index in [1.54, 1.807) is 48.5 Å². The van der Waals surface area contributed by atoms with E-state index in [-0.39, 0.29) is 23.6 Å². The maximum absolute atomic E-state index is 12.3. The summed E-state index contributed by atoms with van der Waals surface area (Å²) in [7, 11) is 0. The van der Waals surface area contributed by atoms with Crippen LogP contribution < -0.4 is 15.8 Å². The second-order valence-corrected chi connectivity index (χ2v) is 5.85. The lowest BCUT2D eigenvalue weighted by Gasteiger charge is -2.09. The van der Waals surface area contributed by atoms with Crippen LogP contribution in [0.1, 0.15) is 10.4 Å². The molecule has 3 rings (SSSR count). The summed E-state index contributed by atoms with van der Waals surface area (Å²) in [5, 5.41) is 3.61. The third-order valence-corrected chi connectivity index (χ3v) is 3.54. The van der Waals surface area contributed by atoms with Gasteiger partial charge in [0.05, 0.1) is 0 Å². The van der Waals surface area contributed by atoms with Gasteiger partial charge in [-0.3, -0.25) is 4.79 Å². The molecule has 0 aliphatic carbocycles. The van der Waals surface area contributed by atoms with Crippen LogP contribution in [-0.4, -0.2) is 15.9 Å². The SMILES string of the molecule is Nc1nc(NC(=O)c2cccc(Cl)c2)cc(Oc2cccc(Cl)c2)n1. The highest BCUT2D eigenvalue weighted by molar-refractivity contribution is 6.31. The monoisotopic (exact) mass is 374 g/mol. The number of nitrogens with one attached hydrogen (secondary N) is 1. The van der Waals surface area contributed by atoms with E-state index in [1.165, 1.54) is 6.07 Å². The summed E-state index contributed by atoms with van der Waals surface area (Å²) in [5.41, 5.74) is 6.07. The van der Waals surface area contributed by atoms with Crippen LogP contribution >= 0.6 is 23.2 Å². The zero-order valence-electron chi connectivity index (χ0n) is 12.7. The Kier molecular flexibility index (Phi) is 5.02. The Hall–Kier alpha value is -2.83. The molecule has 0 saturated carbocycles. The van der Waals surface area contributed by atoms with Gasteiger partial charge in [-0.15, -0.1) is 0 Å². The number of ether oxygens (including phenoxy) is 1. The van der Waals surface area contributed by atoms with Crippen molar-refractivity contribution in [3.05, 3.63) is 70.2 Å². The molecule has 0 spiro atoms. The highest BCUT2D eigenvalue weighted by atomic mass is 35.5. The van der Waals surface area contributed by atoms with E-state index in [9.17, 15) is 4.79 Å². The predicted octanol–water partition coefficient (Wildman–Crippen LogP) is 4.41. The van der Waals surface area contributed by atoms with Gasteiger partial charge in [-0.05, 0) is 36.4 Å². The van der Waals surface area contributed by atoms with Crippen LogP contribution in [0.2, 0.25) is 10.0 Å². The zero-order valence-corrected chi connectivity index (χ0v) is 14.3. The minimum absolute atomic E-state index is 0.0408. The number of carbonyl (C=O) groups is 1. The Morgan fingerprint density at radius 1 is 1.00 bits per heavy atom. The first-order valence-electron chi connectivity index (χ1n) is 7.14. The van der Waals surface area contributed by atoms with Gasteiger partial charge >= 0.3 is 0 Å². The molecule has 1 aromatic heterocycles. The third-order valence-electron chi connectivity index (χ3n) is 3.07. The van der Waals surface area contributed by atoms with Gasteiger partial charge in [0.2, 0.25) is 11.8 Å². The Morgan fingerprint density at radius 3 is 2.44 bits per heavy atom. The Morgan fingerprint density at radius 2 is 1.72 bits per heavy atom. The highest BCUT2D eigenvalue weighted by Gasteiger charge is 2.10. The summed E-state index contributed by atoms with van der Waals surface area (Å²) < 4.78 is 5.60. The summed E-state index contributed by atoms with van der Waals surface area (Å²) in [6.07, 6.45) is 0. The Bertz CT molecular complexity index is 934. The van der Waals surface area contributed by atoms with Gasteiger partial charge in [0, 0.05) is 21.7 Å². The molecule has 1 amide bonds.